The summed E-state index contributed by atoms with van der Waals surface area (Å²) in [4.78, 5) is 26.3. The van der Waals surface area contributed by atoms with Crippen molar-refractivity contribution in [2.75, 3.05) is 13.1 Å². The predicted octanol–water partition coefficient (Wildman–Crippen LogP) is 3.19. The lowest BCUT2D eigenvalue weighted by Gasteiger charge is -2.33. The smallest absolute Gasteiger partial charge is 0.475 e. The Labute approximate surface area is 172 Å². The third-order valence-electron chi connectivity index (χ3n) is 4.78. The van der Waals surface area contributed by atoms with Gasteiger partial charge in [-0.2, -0.15) is 13.2 Å². The van der Waals surface area contributed by atoms with Gasteiger partial charge < -0.3 is 15.2 Å². The SMILES string of the molecule is Cc1ccc(CN2CC[C@H]3C[C@@H](C(=O)NC(C)C)O[C@@H]3C2)s1.O=C(O)C(F)(F)F. The average molecular weight is 436 g/mol. The zero-order valence-corrected chi connectivity index (χ0v) is 17.5. The number of rotatable bonds is 4. The molecule has 3 rings (SSSR count). The highest BCUT2D eigenvalue weighted by atomic mass is 32.1. The molecular formula is C19H27F3N2O4S. The minimum absolute atomic E-state index is 0.0600. The van der Waals surface area contributed by atoms with Crippen LogP contribution in [0.25, 0.3) is 0 Å². The van der Waals surface area contributed by atoms with Crippen molar-refractivity contribution in [2.45, 2.75) is 64.6 Å². The van der Waals surface area contributed by atoms with E-state index in [0.29, 0.717) is 5.92 Å². The number of hydrogen-bond acceptors (Lipinski definition) is 5. The summed E-state index contributed by atoms with van der Waals surface area (Å²) in [5.74, 6) is -2.15. The molecule has 0 bridgehead atoms. The van der Waals surface area contributed by atoms with Gasteiger partial charge in [-0.25, -0.2) is 4.79 Å². The van der Waals surface area contributed by atoms with Gasteiger partial charge in [0.15, 0.2) is 0 Å². The molecule has 2 saturated heterocycles. The molecule has 0 saturated carbocycles. The Morgan fingerprint density at radius 1 is 1.38 bits per heavy atom. The Bertz CT molecular complexity index is 708. The number of nitrogens with one attached hydrogen (secondary N) is 1. The maximum absolute atomic E-state index is 12.1. The number of carboxylic acids is 1. The van der Waals surface area contributed by atoms with Crippen LogP contribution in [0.4, 0.5) is 13.2 Å². The summed E-state index contributed by atoms with van der Waals surface area (Å²) in [5, 5.41) is 10.1. The fraction of sp³-hybridized carbons (Fsp3) is 0.684. The van der Waals surface area contributed by atoms with E-state index in [0.717, 1.165) is 32.5 Å². The Morgan fingerprint density at radius 2 is 2.03 bits per heavy atom. The zero-order valence-electron chi connectivity index (χ0n) is 16.7. The first-order valence-electron chi connectivity index (χ1n) is 9.49. The van der Waals surface area contributed by atoms with Gasteiger partial charge in [0, 0.05) is 28.9 Å². The van der Waals surface area contributed by atoms with E-state index in [-0.39, 0.29) is 24.2 Å². The van der Waals surface area contributed by atoms with Crippen LogP contribution in [0.5, 0.6) is 0 Å². The molecule has 2 N–H and O–H groups in total. The molecule has 1 amide bonds. The third-order valence-corrected chi connectivity index (χ3v) is 5.76. The number of carbonyl (C=O) groups excluding carboxylic acids is 1. The summed E-state index contributed by atoms with van der Waals surface area (Å²) in [5.41, 5.74) is 0. The number of likely N-dealkylation sites (tertiary alicyclic amines) is 1. The van der Waals surface area contributed by atoms with Crippen LogP contribution in [0.1, 0.15) is 36.4 Å². The maximum atomic E-state index is 12.1. The summed E-state index contributed by atoms with van der Waals surface area (Å²) in [7, 11) is 0. The summed E-state index contributed by atoms with van der Waals surface area (Å²) in [6, 6.07) is 4.59. The molecule has 0 aliphatic carbocycles. The molecular weight excluding hydrogens is 409 g/mol. The fourth-order valence-electron chi connectivity index (χ4n) is 3.47. The van der Waals surface area contributed by atoms with E-state index in [1.165, 1.54) is 9.75 Å². The molecule has 10 heteroatoms. The van der Waals surface area contributed by atoms with Gasteiger partial charge in [0.1, 0.15) is 6.10 Å². The molecule has 3 atom stereocenters. The molecule has 0 spiro atoms. The number of carbonyl (C=O) groups is 2. The van der Waals surface area contributed by atoms with E-state index in [1.807, 2.05) is 25.2 Å². The number of hydrogen-bond donors (Lipinski definition) is 2. The molecule has 2 aliphatic rings. The number of halogens is 3. The zero-order chi connectivity index (χ0) is 21.8. The molecule has 3 heterocycles. The Kier molecular flexibility index (Phi) is 8.07. The van der Waals surface area contributed by atoms with E-state index >= 15 is 0 Å². The lowest BCUT2D eigenvalue weighted by Crippen LogP contribution is -2.42. The van der Waals surface area contributed by atoms with Crippen molar-refractivity contribution in [3.05, 3.63) is 21.9 Å². The van der Waals surface area contributed by atoms with Crippen molar-refractivity contribution < 1.29 is 32.6 Å². The van der Waals surface area contributed by atoms with Crippen molar-refractivity contribution in [3.63, 3.8) is 0 Å². The van der Waals surface area contributed by atoms with Crippen LogP contribution in [0.3, 0.4) is 0 Å². The molecule has 0 aromatic carbocycles. The van der Waals surface area contributed by atoms with Crippen LogP contribution in [0.2, 0.25) is 0 Å². The number of aryl methyl sites for hydroxylation is 1. The Morgan fingerprint density at radius 3 is 2.55 bits per heavy atom. The topological polar surface area (TPSA) is 78.9 Å². The molecule has 1 aromatic rings. The molecule has 2 aliphatic heterocycles. The summed E-state index contributed by atoms with van der Waals surface area (Å²) < 4.78 is 37.8. The van der Waals surface area contributed by atoms with Crippen LogP contribution >= 0.6 is 11.3 Å². The van der Waals surface area contributed by atoms with E-state index < -0.39 is 12.1 Å². The van der Waals surface area contributed by atoms with Crippen LogP contribution in [0.15, 0.2) is 12.1 Å². The Hall–Kier alpha value is -1.65. The van der Waals surface area contributed by atoms with E-state index in [4.69, 9.17) is 14.6 Å². The standard InChI is InChI=1S/C17H26N2O2S.C2HF3O2/c1-11(2)18-17(20)15-8-13-6-7-19(10-16(13)21-15)9-14-5-4-12(3)22-14;3-2(4,5)1(6)7/h4-5,11,13,15-16H,6-10H2,1-3H3,(H,18,20);(H,6,7)/t13-,15-,16+;/m0./s1. The fourth-order valence-corrected chi connectivity index (χ4v) is 4.41. The lowest BCUT2D eigenvalue weighted by molar-refractivity contribution is -0.192. The van der Waals surface area contributed by atoms with Crippen molar-refractivity contribution in [3.8, 4) is 0 Å². The van der Waals surface area contributed by atoms with Crippen LogP contribution in [0, 0.1) is 12.8 Å². The number of alkyl halides is 3. The molecule has 1 aromatic heterocycles. The first-order chi connectivity index (χ1) is 13.5. The number of nitrogens with zero attached hydrogens (tertiary/aromatic N) is 1. The van der Waals surface area contributed by atoms with Gasteiger partial charge in [0.25, 0.3) is 0 Å². The van der Waals surface area contributed by atoms with Crippen LogP contribution < -0.4 is 5.32 Å². The highest BCUT2D eigenvalue weighted by Crippen LogP contribution is 2.34. The number of aliphatic carboxylic acids is 1. The second-order valence-corrected chi connectivity index (χ2v) is 9.03. The van der Waals surface area contributed by atoms with Crippen molar-refractivity contribution in [2.24, 2.45) is 5.92 Å². The van der Waals surface area contributed by atoms with E-state index in [9.17, 15) is 18.0 Å². The van der Waals surface area contributed by atoms with Gasteiger partial charge in [-0.3, -0.25) is 9.69 Å². The maximum Gasteiger partial charge on any atom is 0.490 e. The molecule has 0 unspecified atom stereocenters. The van der Waals surface area contributed by atoms with E-state index in [2.05, 4.69) is 29.3 Å². The number of piperidine rings is 1. The van der Waals surface area contributed by atoms with Crippen molar-refractivity contribution >= 4 is 23.2 Å². The third kappa shape index (κ3) is 7.27. The molecule has 164 valence electrons. The number of thiophene rings is 1. The molecule has 29 heavy (non-hydrogen) atoms. The monoisotopic (exact) mass is 436 g/mol. The highest BCUT2D eigenvalue weighted by Gasteiger charge is 2.42. The highest BCUT2D eigenvalue weighted by molar-refractivity contribution is 7.11. The summed E-state index contributed by atoms with van der Waals surface area (Å²) in [6.07, 6.45) is -3.09. The molecule has 0 radical (unpaired) electrons. The summed E-state index contributed by atoms with van der Waals surface area (Å²) >= 11 is 1.87. The quantitative estimate of drug-likeness (QED) is 0.758. The number of ether oxygens (including phenoxy) is 1. The minimum atomic E-state index is -5.08. The van der Waals surface area contributed by atoms with Gasteiger partial charge >= 0.3 is 12.1 Å². The average Bonchev–Trinajstić information content (AvgIpc) is 3.19. The van der Waals surface area contributed by atoms with Crippen LogP contribution in [-0.2, 0) is 20.9 Å². The minimum Gasteiger partial charge on any atom is -0.475 e. The first-order valence-corrected chi connectivity index (χ1v) is 10.3. The second kappa shape index (κ2) is 9.90. The van der Waals surface area contributed by atoms with Gasteiger partial charge in [0.2, 0.25) is 5.91 Å². The number of carboxylic acid groups (broad SMARTS) is 1. The Balaban J connectivity index is 0.000000370. The van der Waals surface area contributed by atoms with Gasteiger partial charge in [0.05, 0.1) is 6.10 Å². The lowest BCUT2D eigenvalue weighted by atomic mass is 9.91. The second-order valence-electron chi connectivity index (χ2n) is 7.66. The van der Waals surface area contributed by atoms with Gasteiger partial charge in [-0.1, -0.05) is 0 Å². The number of amides is 1. The van der Waals surface area contributed by atoms with Gasteiger partial charge in [-0.05, 0) is 58.2 Å². The largest absolute Gasteiger partial charge is 0.490 e. The van der Waals surface area contributed by atoms with Crippen LogP contribution in [-0.4, -0.2) is 59.4 Å². The van der Waals surface area contributed by atoms with Crippen molar-refractivity contribution in [1.29, 1.82) is 0 Å². The number of fused-ring (bicyclic) bond motifs is 1. The van der Waals surface area contributed by atoms with Gasteiger partial charge in [-0.15, -0.1) is 11.3 Å². The predicted molar refractivity (Wildman–Crippen MR) is 103 cm³/mol. The van der Waals surface area contributed by atoms with E-state index in [1.54, 1.807) is 0 Å². The summed E-state index contributed by atoms with van der Waals surface area (Å²) in [6.45, 7) is 9.20. The van der Waals surface area contributed by atoms with Crippen molar-refractivity contribution in [1.82, 2.24) is 10.2 Å². The molecule has 6 nitrogen and oxygen atoms in total. The normalized spacial score (nSPS) is 24.6. The molecule has 2 fully saturated rings. The first kappa shape index (κ1) is 23.6.